The molecule has 3 aromatic rings. The maximum Gasteiger partial charge on any atom is 0.524 e. The Morgan fingerprint density at radius 1 is 0.690 bits per heavy atom. The third kappa shape index (κ3) is 3.92. The summed E-state index contributed by atoms with van der Waals surface area (Å²) >= 11 is 0. The number of benzene rings is 3. The molecule has 0 saturated carbocycles. The van der Waals surface area contributed by atoms with Gasteiger partial charge in [-0.05, 0) is 59.5 Å². The lowest BCUT2D eigenvalue weighted by Crippen LogP contribution is -2.28. The lowest BCUT2D eigenvalue weighted by molar-refractivity contribution is -0.0496. The van der Waals surface area contributed by atoms with E-state index in [1.807, 2.05) is 0 Å². The molecule has 154 valence electrons. The number of hydrogen-bond acceptors (Lipinski definition) is 3. The van der Waals surface area contributed by atoms with E-state index in [4.69, 9.17) is 3.63 Å². The predicted molar refractivity (Wildman–Crippen MR) is 107 cm³/mol. The van der Waals surface area contributed by atoms with Crippen molar-refractivity contribution in [2.24, 2.45) is 0 Å². The number of rotatable bonds is 5. The van der Waals surface area contributed by atoms with Crippen LogP contribution in [0.4, 0.5) is 13.2 Å². The Morgan fingerprint density at radius 3 is 1.48 bits per heavy atom. The molecule has 0 N–H and O–H groups in total. The van der Waals surface area contributed by atoms with Crippen molar-refractivity contribution in [1.82, 2.24) is 0 Å². The molecule has 0 aliphatic rings. The third-order valence-electron chi connectivity index (χ3n) is 4.32. The Hall–Kier alpha value is -2.29. The van der Waals surface area contributed by atoms with Crippen LogP contribution in [-0.2, 0) is 13.7 Å². The minimum absolute atomic E-state index is 0.358. The van der Waals surface area contributed by atoms with Crippen molar-refractivity contribution < 1.29 is 25.2 Å². The highest BCUT2D eigenvalue weighted by molar-refractivity contribution is 8.33. The highest BCUT2D eigenvalue weighted by atomic mass is 32.3. The standard InChI is InChI=1S/C21H19F3O3S2/c1-16-10-9-11-17(2)20(16)28(18-12-5-3-6-13-18,19-14-7-4-8-15-19)27-29(25,26)21(22,23)24/h3-15H,1-2H3. The largest absolute Gasteiger partial charge is 0.524 e. The maximum absolute atomic E-state index is 13.4. The fourth-order valence-electron chi connectivity index (χ4n) is 3.13. The van der Waals surface area contributed by atoms with Gasteiger partial charge in [-0.25, -0.2) is 0 Å². The van der Waals surface area contributed by atoms with Crippen LogP contribution in [0.25, 0.3) is 0 Å². The maximum atomic E-state index is 13.4. The lowest BCUT2D eigenvalue weighted by atomic mass is 10.2. The molecule has 29 heavy (non-hydrogen) atoms. The Morgan fingerprint density at radius 2 is 1.10 bits per heavy atom. The molecule has 0 fully saturated rings. The molecule has 0 atom stereocenters. The monoisotopic (exact) mass is 440 g/mol. The summed E-state index contributed by atoms with van der Waals surface area (Å²) in [4.78, 5) is 1.15. The van der Waals surface area contributed by atoms with Crippen LogP contribution in [0.2, 0.25) is 0 Å². The summed E-state index contributed by atoms with van der Waals surface area (Å²) in [5, 5.41) is 0. The second-order valence-corrected chi connectivity index (χ2v) is 10.8. The SMILES string of the molecule is Cc1cccc(C)c1S(OS(=O)(=O)C(F)(F)F)(c1ccccc1)c1ccccc1. The summed E-state index contributed by atoms with van der Waals surface area (Å²) in [6, 6.07) is 21.7. The van der Waals surface area contributed by atoms with E-state index >= 15 is 0 Å². The smallest absolute Gasteiger partial charge is 0.200 e. The number of hydrogen-bond donors (Lipinski definition) is 0. The second kappa shape index (κ2) is 7.85. The topological polar surface area (TPSA) is 43.4 Å². The minimum Gasteiger partial charge on any atom is -0.200 e. The molecule has 3 rings (SSSR count). The van der Waals surface area contributed by atoms with Crippen molar-refractivity contribution in [2.45, 2.75) is 34.0 Å². The fraction of sp³-hybridized carbons (Fsp3) is 0.143. The van der Waals surface area contributed by atoms with Gasteiger partial charge in [0.1, 0.15) is 0 Å². The van der Waals surface area contributed by atoms with Gasteiger partial charge in [0.05, 0.1) is 0 Å². The molecule has 0 aliphatic carbocycles. The Bertz CT molecular complexity index is 1040. The van der Waals surface area contributed by atoms with Crippen LogP contribution in [0, 0.1) is 13.8 Å². The van der Waals surface area contributed by atoms with Crippen molar-refractivity contribution in [3.63, 3.8) is 0 Å². The van der Waals surface area contributed by atoms with Crippen LogP contribution in [-0.4, -0.2) is 13.9 Å². The van der Waals surface area contributed by atoms with Gasteiger partial charge in [0, 0.05) is 14.7 Å². The summed E-state index contributed by atoms with van der Waals surface area (Å²) < 4.78 is 70.0. The molecule has 0 radical (unpaired) electrons. The average Bonchev–Trinajstić information content (AvgIpc) is 2.67. The molecule has 0 bridgehead atoms. The van der Waals surface area contributed by atoms with Crippen LogP contribution < -0.4 is 0 Å². The first kappa shape index (κ1) is 21.4. The van der Waals surface area contributed by atoms with E-state index in [1.54, 1.807) is 92.7 Å². The molecule has 8 heteroatoms. The van der Waals surface area contributed by atoms with Crippen molar-refractivity contribution in [2.75, 3.05) is 0 Å². The van der Waals surface area contributed by atoms with Crippen LogP contribution in [0.1, 0.15) is 11.1 Å². The summed E-state index contributed by atoms with van der Waals surface area (Å²) in [5.74, 6) is 0. The molecule has 0 saturated heterocycles. The lowest BCUT2D eigenvalue weighted by Gasteiger charge is -2.41. The van der Waals surface area contributed by atoms with Gasteiger partial charge in [0.25, 0.3) is 0 Å². The van der Waals surface area contributed by atoms with E-state index in [2.05, 4.69) is 0 Å². The third-order valence-corrected chi connectivity index (χ3v) is 9.51. The first-order valence-electron chi connectivity index (χ1n) is 8.62. The normalized spacial score (nSPS) is 13.3. The summed E-state index contributed by atoms with van der Waals surface area (Å²) in [6.45, 7) is 3.47. The van der Waals surface area contributed by atoms with Gasteiger partial charge in [-0.1, -0.05) is 54.6 Å². The number of alkyl halides is 3. The van der Waals surface area contributed by atoms with Gasteiger partial charge >= 0.3 is 15.6 Å². The molecule has 0 heterocycles. The van der Waals surface area contributed by atoms with E-state index in [0.717, 1.165) is 0 Å². The molecule has 3 nitrogen and oxygen atoms in total. The quantitative estimate of drug-likeness (QED) is 0.433. The first-order chi connectivity index (χ1) is 13.6. The molecule has 0 unspecified atom stereocenters. The highest BCUT2D eigenvalue weighted by Crippen LogP contribution is 2.71. The number of halogens is 3. The van der Waals surface area contributed by atoms with Crippen LogP contribution >= 0.6 is 10.3 Å². The van der Waals surface area contributed by atoms with E-state index in [9.17, 15) is 21.6 Å². The minimum atomic E-state index is -5.90. The zero-order valence-electron chi connectivity index (χ0n) is 15.7. The fourth-order valence-corrected chi connectivity index (χ4v) is 8.29. The van der Waals surface area contributed by atoms with Gasteiger partial charge in [0.2, 0.25) is 0 Å². The molecule has 3 aromatic carbocycles. The molecule has 0 aromatic heterocycles. The highest BCUT2D eigenvalue weighted by Gasteiger charge is 2.52. The van der Waals surface area contributed by atoms with E-state index in [0.29, 0.717) is 25.8 Å². The first-order valence-corrected chi connectivity index (χ1v) is 11.6. The summed E-state index contributed by atoms with van der Waals surface area (Å²) in [5.41, 5.74) is -4.26. The van der Waals surface area contributed by atoms with Crippen LogP contribution in [0.15, 0.2) is 93.5 Å². The van der Waals surface area contributed by atoms with Crippen molar-refractivity contribution >= 4 is 20.4 Å². The zero-order valence-corrected chi connectivity index (χ0v) is 17.3. The predicted octanol–water partition coefficient (Wildman–Crippen LogP) is 6.37. The van der Waals surface area contributed by atoms with Gasteiger partial charge in [-0.15, -0.1) is 0 Å². The molecule has 0 amide bonds. The van der Waals surface area contributed by atoms with E-state index in [-0.39, 0.29) is 0 Å². The number of aryl methyl sites for hydroxylation is 2. The van der Waals surface area contributed by atoms with Crippen molar-refractivity contribution in [1.29, 1.82) is 0 Å². The van der Waals surface area contributed by atoms with Gasteiger partial charge in [-0.3, -0.25) is 0 Å². The average molecular weight is 441 g/mol. The van der Waals surface area contributed by atoms with Crippen molar-refractivity contribution in [3.05, 3.63) is 90.0 Å². The Kier molecular flexibility index (Phi) is 5.80. The molecular formula is C21H19F3O3S2. The summed E-state index contributed by atoms with van der Waals surface area (Å²) in [7, 11) is -9.14. The van der Waals surface area contributed by atoms with E-state index in [1.165, 1.54) is 0 Å². The Balaban J connectivity index is 2.48. The Labute approximate surface area is 169 Å². The van der Waals surface area contributed by atoms with Crippen LogP contribution in [0.3, 0.4) is 0 Å². The molecular weight excluding hydrogens is 421 g/mol. The van der Waals surface area contributed by atoms with E-state index < -0.39 is 25.9 Å². The second-order valence-electron chi connectivity index (χ2n) is 6.37. The molecule has 0 spiro atoms. The molecule has 0 aliphatic heterocycles. The van der Waals surface area contributed by atoms with Gasteiger partial charge < -0.3 is 0 Å². The zero-order chi connectivity index (χ0) is 21.3. The van der Waals surface area contributed by atoms with Crippen LogP contribution in [0.5, 0.6) is 0 Å². The van der Waals surface area contributed by atoms with Gasteiger partial charge in [-0.2, -0.15) is 25.2 Å². The van der Waals surface area contributed by atoms with Crippen molar-refractivity contribution in [3.8, 4) is 0 Å². The summed E-state index contributed by atoms with van der Waals surface area (Å²) in [6.07, 6.45) is 0. The van der Waals surface area contributed by atoms with Gasteiger partial charge in [0.15, 0.2) is 0 Å².